The zero-order valence-corrected chi connectivity index (χ0v) is 16.5. The maximum atomic E-state index is 12.8. The topological polar surface area (TPSA) is 58.2 Å². The number of hydrogen-bond donors (Lipinski definition) is 2. The number of carbonyl (C=O) groups is 2. The van der Waals surface area contributed by atoms with Gasteiger partial charge in [0.2, 0.25) is 11.8 Å². The quantitative estimate of drug-likeness (QED) is 0.652. The summed E-state index contributed by atoms with van der Waals surface area (Å²) in [7, 11) is 0. The minimum Gasteiger partial charge on any atom is -0.352 e. The van der Waals surface area contributed by atoms with Crippen LogP contribution in [0.25, 0.3) is 0 Å². The summed E-state index contributed by atoms with van der Waals surface area (Å²) < 4.78 is 38.4. The number of benzene rings is 2. The average Bonchev–Trinajstić information content (AvgIpc) is 2.67. The molecule has 0 aliphatic rings. The van der Waals surface area contributed by atoms with Gasteiger partial charge in [-0.1, -0.05) is 44.2 Å². The third-order valence-electron chi connectivity index (χ3n) is 4.43. The highest BCUT2D eigenvalue weighted by atomic mass is 19.4. The van der Waals surface area contributed by atoms with Crippen LogP contribution in [-0.2, 0) is 28.7 Å². The molecule has 156 valence electrons. The summed E-state index contributed by atoms with van der Waals surface area (Å²) in [4.78, 5) is 23.9. The van der Waals surface area contributed by atoms with Gasteiger partial charge >= 0.3 is 6.18 Å². The number of hydrogen-bond acceptors (Lipinski definition) is 2. The van der Waals surface area contributed by atoms with Crippen LogP contribution in [0.3, 0.4) is 0 Å². The number of carbonyl (C=O) groups excluding carboxylic acids is 2. The van der Waals surface area contributed by atoms with Gasteiger partial charge in [0.1, 0.15) is 0 Å². The molecule has 0 saturated carbocycles. The lowest BCUT2D eigenvalue weighted by molar-refractivity contribution is -0.137. The van der Waals surface area contributed by atoms with Crippen molar-refractivity contribution in [2.45, 2.75) is 45.8 Å². The number of anilines is 1. The van der Waals surface area contributed by atoms with Crippen LogP contribution >= 0.6 is 0 Å². The van der Waals surface area contributed by atoms with E-state index in [9.17, 15) is 22.8 Å². The molecule has 0 aliphatic carbocycles. The van der Waals surface area contributed by atoms with Crippen molar-refractivity contribution in [3.05, 3.63) is 65.2 Å². The maximum Gasteiger partial charge on any atom is 0.416 e. The van der Waals surface area contributed by atoms with E-state index in [0.29, 0.717) is 24.2 Å². The van der Waals surface area contributed by atoms with Gasteiger partial charge in [0, 0.05) is 24.6 Å². The van der Waals surface area contributed by atoms with Gasteiger partial charge in [-0.2, -0.15) is 13.2 Å². The molecule has 0 saturated heterocycles. The van der Waals surface area contributed by atoms with Crippen molar-refractivity contribution in [3.8, 4) is 0 Å². The molecule has 0 bridgehead atoms. The van der Waals surface area contributed by atoms with Crippen LogP contribution in [0.4, 0.5) is 18.9 Å². The molecular weight excluding hydrogens is 381 g/mol. The van der Waals surface area contributed by atoms with Crippen molar-refractivity contribution < 1.29 is 22.8 Å². The molecule has 2 amide bonds. The predicted octanol–water partition coefficient (Wildman–Crippen LogP) is 4.94. The first-order chi connectivity index (χ1) is 13.7. The standard InChI is InChI=1S/C22H25F3N2O2/c1-3-5-20(28)27-19-10-8-16(9-11-19)14-26-21(29)15(2)12-17-6-4-7-18(13-17)22(23,24)25/h4,6-11,13,15H,3,5,12,14H2,1-2H3,(H,26,29)(H,27,28). The van der Waals surface area contributed by atoms with E-state index in [2.05, 4.69) is 10.6 Å². The zero-order chi connectivity index (χ0) is 21.4. The van der Waals surface area contributed by atoms with E-state index >= 15 is 0 Å². The molecule has 0 spiro atoms. The summed E-state index contributed by atoms with van der Waals surface area (Å²) in [6, 6.07) is 12.2. The molecular formula is C22H25F3N2O2. The summed E-state index contributed by atoms with van der Waals surface area (Å²) in [5.41, 5.74) is 1.30. The van der Waals surface area contributed by atoms with Gasteiger partial charge in [-0.3, -0.25) is 9.59 Å². The van der Waals surface area contributed by atoms with E-state index in [1.165, 1.54) is 6.07 Å². The van der Waals surface area contributed by atoms with E-state index in [0.717, 1.165) is 24.1 Å². The Kier molecular flexibility index (Phi) is 7.82. The normalized spacial score (nSPS) is 12.3. The van der Waals surface area contributed by atoms with Crippen molar-refractivity contribution in [2.24, 2.45) is 5.92 Å². The third kappa shape index (κ3) is 7.25. The third-order valence-corrected chi connectivity index (χ3v) is 4.43. The van der Waals surface area contributed by atoms with Crippen LogP contribution in [0.5, 0.6) is 0 Å². The van der Waals surface area contributed by atoms with Gasteiger partial charge in [0.25, 0.3) is 0 Å². The predicted molar refractivity (Wildman–Crippen MR) is 106 cm³/mol. The highest BCUT2D eigenvalue weighted by molar-refractivity contribution is 5.90. The molecule has 7 heteroatoms. The lowest BCUT2D eigenvalue weighted by Gasteiger charge is -2.14. The second kappa shape index (κ2) is 10.1. The van der Waals surface area contributed by atoms with E-state index in [1.54, 1.807) is 37.3 Å². The first kappa shape index (κ1) is 22.5. The second-order valence-electron chi connectivity index (χ2n) is 7.02. The molecule has 2 aromatic rings. The first-order valence-electron chi connectivity index (χ1n) is 9.51. The van der Waals surface area contributed by atoms with Crippen LogP contribution in [0.15, 0.2) is 48.5 Å². The Morgan fingerprint density at radius 3 is 2.34 bits per heavy atom. The maximum absolute atomic E-state index is 12.8. The molecule has 2 rings (SSSR count). The molecule has 0 radical (unpaired) electrons. The Morgan fingerprint density at radius 1 is 1.03 bits per heavy atom. The molecule has 0 aromatic heterocycles. The molecule has 0 heterocycles. The summed E-state index contributed by atoms with van der Waals surface area (Å²) in [6.45, 7) is 3.91. The molecule has 0 aliphatic heterocycles. The van der Waals surface area contributed by atoms with E-state index in [-0.39, 0.29) is 18.2 Å². The SMILES string of the molecule is CCCC(=O)Nc1ccc(CNC(=O)C(C)Cc2cccc(C(F)(F)F)c2)cc1. The van der Waals surface area contributed by atoms with Crippen LogP contribution in [0.1, 0.15) is 43.4 Å². The fourth-order valence-corrected chi connectivity index (χ4v) is 2.84. The van der Waals surface area contributed by atoms with E-state index in [4.69, 9.17) is 0 Å². The van der Waals surface area contributed by atoms with Gasteiger partial charge in [-0.15, -0.1) is 0 Å². The van der Waals surface area contributed by atoms with Crippen LogP contribution in [0, 0.1) is 5.92 Å². The Balaban J connectivity index is 1.86. The van der Waals surface area contributed by atoms with Crippen LogP contribution in [-0.4, -0.2) is 11.8 Å². The lowest BCUT2D eigenvalue weighted by Crippen LogP contribution is -2.29. The molecule has 1 unspecified atom stereocenters. The molecule has 2 N–H and O–H groups in total. The minimum absolute atomic E-state index is 0.0445. The zero-order valence-electron chi connectivity index (χ0n) is 16.5. The van der Waals surface area contributed by atoms with E-state index in [1.807, 2.05) is 6.92 Å². The highest BCUT2D eigenvalue weighted by Crippen LogP contribution is 2.30. The molecule has 1 atom stereocenters. The van der Waals surface area contributed by atoms with Gasteiger partial charge in [-0.05, 0) is 42.2 Å². The lowest BCUT2D eigenvalue weighted by atomic mass is 9.98. The summed E-state index contributed by atoms with van der Waals surface area (Å²) in [5.74, 6) is -0.745. The molecule has 4 nitrogen and oxygen atoms in total. The molecule has 29 heavy (non-hydrogen) atoms. The number of rotatable bonds is 8. The highest BCUT2D eigenvalue weighted by Gasteiger charge is 2.30. The van der Waals surface area contributed by atoms with Gasteiger partial charge < -0.3 is 10.6 Å². The Labute approximate surface area is 168 Å². The van der Waals surface area contributed by atoms with Crippen molar-refractivity contribution in [1.82, 2.24) is 5.32 Å². The smallest absolute Gasteiger partial charge is 0.352 e. The van der Waals surface area contributed by atoms with Crippen molar-refractivity contribution in [1.29, 1.82) is 0 Å². The number of nitrogens with one attached hydrogen (secondary N) is 2. The fourth-order valence-electron chi connectivity index (χ4n) is 2.84. The number of amides is 2. The number of alkyl halides is 3. The summed E-state index contributed by atoms with van der Waals surface area (Å²) in [5, 5.41) is 5.59. The number of halogens is 3. The van der Waals surface area contributed by atoms with Crippen molar-refractivity contribution in [3.63, 3.8) is 0 Å². The summed E-state index contributed by atoms with van der Waals surface area (Å²) in [6.07, 6.45) is -2.95. The van der Waals surface area contributed by atoms with Crippen LogP contribution < -0.4 is 10.6 Å². The average molecular weight is 406 g/mol. The van der Waals surface area contributed by atoms with Crippen molar-refractivity contribution >= 4 is 17.5 Å². The Bertz CT molecular complexity index is 833. The summed E-state index contributed by atoms with van der Waals surface area (Å²) >= 11 is 0. The Hall–Kier alpha value is -2.83. The first-order valence-corrected chi connectivity index (χ1v) is 9.51. The monoisotopic (exact) mass is 406 g/mol. The largest absolute Gasteiger partial charge is 0.416 e. The minimum atomic E-state index is -4.40. The molecule has 2 aromatic carbocycles. The Morgan fingerprint density at radius 2 is 1.72 bits per heavy atom. The van der Waals surface area contributed by atoms with Crippen LogP contribution in [0.2, 0.25) is 0 Å². The van der Waals surface area contributed by atoms with E-state index < -0.39 is 17.7 Å². The van der Waals surface area contributed by atoms with Gasteiger partial charge in [0.05, 0.1) is 5.56 Å². The molecule has 0 fully saturated rings. The van der Waals surface area contributed by atoms with Crippen molar-refractivity contribution in [2.75, 3.05) is 5.32 Å². The fraction of sp³-hybridized carbons (Fsp3) is 0.364. The van der Waals surface area contributed by atoms with Gasteiger partial charge in [0.15, 0.2) is 0 Å². The second-order valence-corrected chi connectivity index (χ2v) is 7.02. The van der Waals surface area contributed by atoms with Gasteiger partial charge in [-0.25, -0.2) is 0 Å².